The Labute approximate surface area is 101 Å². The summed E-state index contributed by atoms with van der Waals surface area (Å²) in [5, 5.41) is 19.5. The average molecular weight is 244 g/mol. The van der Waals surface area contributed by atoms with E-state index >= 15 is 0 Å². The molecule has 0 heterocycles. The lowest BCUT2D eigenvalue weighted by molar-refractivity contribution is 0.178. The third-order valence-corrected chi connectivity index (χ3v) is 2.41. The standard InChI is InChI=1S/C12H18ClNO2/c1-9(15)7-14(8-10(2)16)12-5-3-11(13)4-6-12/h3-6,9-10,15-16H,7-8H2,1-2H3/t9-,10?/m0/s1. The van der Waals surface area contributed by atoms with Crippen LogP contribution in [0.15, 0.2) is 24.3 Å². The van der Waals surface area contributed by atoms with E-state index < -0.39 is 12.2 Å². The van der Waals surface area contributed by atoms with Gasteiger partial charge >= 0.3 is 0 Å². The minimum Gasteiger partial charge on any atom is -0.392 e. The number of hydrogen-bond acceptors (Lipinski definition) is 3. The van der Waals surface area contributed by atoms with Gasteiger partial charge in [0.05, 0.1) is 12.2 Å². The molecular weight excluding hydrogens is 226 g/mol. The first kappa shape index (κ1) is 13.3. The number of hydrogen-bond donors (Lipinski definition) is 2. The zero-order valence-electron chi connectivity index (χ0n) is 9.60. The molecular formula is C12H18ClNO2. The number of anilines is 1. The maximum Gasteiger partial charge on any atom is 0.0687 e. The van der Waals surface area contributed by atoms with Gasteiger partial charge in [0.2, 0.25) is 0 Å². The Bertz CT molecular complexity index is 301. The minimum absolute atomic E-state index is 0.436. The number of nitrogens with zero attached hydrogens (tertiary/aromatic N) is 1. The van der Waals surface area contributed by atoms with Crippen LogP contribution in [0.25, 0.3) is 0 Å². The fraction of sp³-hybridized carbons (Fsp3) is 0.500. The molecule has 1 aromatic carbocycles. The molecule has 0 aliphatic heterocycles. The lowest BCUT2D eigenvalue weighted by atomic mass is 10.2. The van der Waals surface area contributed by atoms with Gasteiger partial charge in [0.15, 0.2) is 0 Å². The van der Waals surface area contributed by atoms with Crippen LogP contribution in [0.2, 0.25) is 5.02 Å². The summed E-state index contributed by atoms with van der Waals surface area (Å²) >= 11 is 5.81. The zero-order chi connectivity index (χ0) is 12.1. The van der Waals surface area contributed by atoms with Gasteiger partial charge in [-0.25, -0.2) is 0 Å². The summed E-state index contributed by atoms with van der Waals surface area (Å²) in [5.74, 6) is 0. The zero-order valence-corrected chi connectivity index (χ0v) is 10.4. The van der Waals surface area contributed by atoms with Crippen LogP contribution >= 0.6 is 11.6 Å². The van der Waals surface area contributed by atoms with Crippen molar-refractivity contribution in [1.82, 2.24) is 0 Å². The SMILES string of the molecule is CC(O)CN(C[C@H](C)O)c1ccc(Cl)cc1. The first-order valence-corrected chi connectivity index (χ1v) is 5.73. The van der Waals surface area contributed by atoms with Crippen molar-refractivity contribution in [2.75, 3.05) is 18.0 Å². The third kappa shape index (κ3) is 4.39. The maximum atomic E-state index is 9.40. The first-order chi connectivity index (χ1) is 7.49. The highest BCUT2D eigenvalue weighted by molar-refractivity contribution is 6.30. The van der Waals surface area contributed by atoms with Crippen LogP contribution in [-0.4, -0.2) is 35.5 Å². The van der Waals surface area contributed by atoms with Gasteiger partial charge in [0.25, 0.3) is 0 Å². The van der Waals surface area contributed by atoms with Crippen LogP contribution in [0.3, 0.4) is 0 Å². The summed E-state index contributed by atoms with van der Waals surface area (Å²) in [6.07, 6.45) is -0.871. The highest BCUT2D eigenvalue weighted by Gasteiger charge is 2.11. The molecule has 90 valence electrons. The van der Waals surface area contributed by atoms with Crippen molar-refractivity contribution >= 4 is 17.3 Å². The molecule has 2 N–H and O–H groups in total. The molecule has 1 unspecified atom stereocenters. The van der Waals surface area contributed by atoms with Gasteiger partial charge in [-0.3, -0.25) is 0 Å². The summed E-state index contributed by atoms with van der Waals surface area (Å²) in [7, 11) is 0. The van der Waals surface area contributed by atoms with Crippen molar-refractivity contribution in [1.29, 1.82) is 0 Å². The molecule has 0 spiro atoms. The molecule has 1 rings (SSSR count). The molecule has 0 bridgehead atoms. The molecule has 0 saturated carbocycles. The Balaban J connectivity index is 2.78. The maximum absolute atomic E-state index is 9.40. The molecule has 2 atom stereocenters. The van der Waals surface area contributed by atoms with Crippen molar-refractivity contribution in [3.8, 4) is 0 Å². The van der Waals surface area contributed by atoms with Crippen molar-refractivity contribution in [3.05, 3.63) is 29.3 Å². The molecule has 0 radical (unpaired) electrons. The van der Waals surface area contributed by atoms with Gasteiger partial charge in [-0.05, 0) is 38.1 Å². The van der Waals surface area contributed by atoms with Gasteiger partial charge in [0.1, 0.15) is 0 Å². The summed E-state index contributed by atoms with van der Waals surface area (Å²) < 4.78 is 0. The Kier molecular flexibility index (Phi) is 5.06. The Morgan fingerprint density at radius 1 is 1.06 bits per heavy atom. The van der Waals surface area contributed by atoms with E-state index in [9.17, 15) is 10.2 Å². The van der Waals surface area contributed by atoms with Crippen LogP contribution in [0, 0.1) is 0 Å². The second kappa shape index (κ2) is 6.09. The Morgan fingerprint density at radius 2 is 1.50 bits per heavy atom. The summed E-state index contributed by atoms with van der Waals surface area (Å²) in [6.45, 7) is 4.44. The summed E-state index contributed by atoms with van der Waals surface area (Å²) in [4.78, 5) is 1.94. The first-order valence-electron chi connectivity index (χ1n) is 5.35. The van der Waals surface area contributed by atoms with Crippen LogP contribution < -0.4 is 4.90 Å². The van der Waals surface area contributed by atoms with Crippen LogP contribution in [0.4, 0.5) is 5.69 Å². The van der Waals surface area contributed by atoms with Crippen molar-refractivity contribution in [2.45, 2.75) is 26.1 Å². The second-order valence-corrected chi connectivity index (χ2v) is 4.52. The van der Waals surface area contributed by atoms with Gasteiger partial charge in [-0.2, -0.15) is 0 Å². The normalized spacial score (nSPS) is 14.6. The number of aliphatic hydroxyl groups excluding tert-OH is 2. The molecule has 0 aliphatic carbocycles. The number of rotatable bonds is 5. The molecule has 4 heteroatoms. The lowest BCUT2D eigenvalue weighted by Crippen LogP contribution is -2.36. The second-order valence-electron chi connectivity index (χ2n) is 4.08. The van der Waals surface area contributed by atoms with Crippen molar-refractivity contribution in [2.24, 2.45) is 0 Å². The fourth-order valence-electron chi connectivity index (χ4n) is 1.58. The Hall–Kier alpha value is -0.770. The predicted octanol–water partition coefficient (Wildman–Crippen LogP) is 1.91. The quantitative estimate of drug-likeness (QED) is 0.830. The van der Waals surface area contributed by atoms with E-state index in [4.69, 9.17) is 11.6 Å². The molecule has 0 aliphatic rings. The predicted molar refractivity (Wildman–Crippen MR) is 67.0 cm³/mol. The number of aliphatic hydroxyl groups is 2. The van der Waals surface area contributed by atoms with Gasteiger partial charge in [-0.1, -0.05) is 11.6 Å². The molecule has 0 amide bonds. The van der Waals surface area contributed by atoms with E-state index in [1.807, 2.05) is 17.0 Å². The van der Waals surface area contributed by atoms with Gasteiger partial charge in [-0.15, -0.1) is 0 Å². The van der Waals surface area contributed by atoms with Crippen molar-refractivity contribution in [3.63, 3.8) is 0 Å². The van der Waals surface area contributed by atoms with Crippen LogP contribution in [0.1, 0.15) is 13.8 Å². The molecule has 3 nitrogen and oxygen atoms in total. The van der Waals surface area contributed by atoms with E-state index in [0.717, 1.165) is 5.69 Å². The number of halogens is 1. The molecule has 0 saturated heterocycles. The smallest absolute Gasteiger partial charge is 0.0687 e. The van der Waals surface area contributed by atoms with Crippen LogP contribution in [-0.2, 0) is 0 Å². The molecule has 1 aromatic rings. The minimum atomic E-state index is -0.436. The van der Waals surface area contributed by atoms with E-state index in [-0.39, 0.29) is 0 Å². The van der Waals surface area contributed by atoms with E-state index in [1.54, 1.807) is 26.0 Å². The van der Waals surface area contributed by atoms with E-state index in [1.165, 1.54) is 0 Å². The van der Waals surface area contributed by atoms with Gasteiger partial charge < -0.3 is 15.1 Å². The molecule has 0 aromatic heterocycles. The van der Waals surface area contributed by atoms with E-state index in [0.29, 0.717) is 18.1 Å². The largest absolute Gasteiger partial charge is 0.392 e. The third-order valence-electron chi connectivity index (χ3n) is 2.16. The Morgan fingerprint density at radius 3 is 1.88 bits per heavy atom. The fourth-order valence-corrected chi connectivity index (χ4v) is 1.70. The highest BCUT2D eigenvalue weighted by Crippen LogP contribution is 2.18. The average Bonchev–Trinajstić information content (AvgIpc) is 2.16. The number of benzene rings is 1. The topological polar surface area (TPSA) is 43.7 Å². The summed E-state index contributed by atoms with van der Waals surface area (Å²) in [5.41, 5.74) is 0.950. The summed E-state index contributed by atoms with van der Waals surface area (Å²) in [6, 6.07) is 7.36. The molecule has 0 fully saturated rings. The van der Waals surface area contributed by atoms with Crippen LogP contribution in [0.5, 0.6) is 0 Å². The van der Waals surface area contributed by atoms with Crippen molar-refractivity contribution < 1.29 is 10.2 Å². The monoisotopic (exact) mass is 243 g/mol. The highest BCUT2D eigenvalue weighted by atomic mass is 35.5. The van der Waals surface area contributed by atoms with Gasteiger partial charge in [0, 0.05) is 23.8 Å². The molecule has 16 heavy (non-hydrogen) atoms. The lowest BCUT2D eigenvalue weighted by Gasteiger charge is -2.27. The van der Waals surface area contributed by atoms with E-state index in [2.05, 4.69) is 0 Å².